The summed E-state index contributed by atoms with van der Waals surface area (Å²) < 4.78 is 6.18. The van der Waals surface area contributed by atoms with Gasteiger partial charge in [0.2, 0.25) is 0 Å². The number of esters is 1. The van der Waals surface area contributed by atoms with Gasteiger partial charge in [-0.2, -0.15) is 0 Å². The number of carbonyl (C=O) groups is 3. The van der Waals surface area contributed by atoms with E-state index in [0.29, 0.717) is 47.4 Å². The Morgan fingerprint density at radius 1 is 0.900 bits per heavy atom. The van der Waals surface area contributed by atoms with E-state index in [1.807, 2.05) is 42.5 Å². The molecule has 0 unspecified atom stereocenters. The number of para-hydroxylation sites is 1. The van der Waals surface area contributed by atoms with Gasteiger partial charge in [-0.1, -0.05) is 50.2 Å². The van der Waals surface area contributed by atoms with Crippen LogP contribution in [-0.2, 0) is 19.9 Å². The number of aliphatic hydroxyl groups is 1. The van der Waals surface area contributed by atoms with Crippen LogP contribution in [0.5, 0.6) is 0 Å². The number of ether oxygens (including phenoxy) is 1. The third-order valence-corrected chi connectivity index (χ3v) is 12.2. The minimum Gasteiger partial charge on any atom is -0.458 e. The summed E-state index contributed by atoms with van der Waals surface area (Å²) in [7, 11) is 0. The van der Waals surface area contributed by atoms with Crippen molar-refractivity contribution in [2.45, 2.75) is 76.9 Å². The number of ketones is 1. The van der Waals surface area contributed by atoms with Crippen LogP contribution in [0.15, 0.2) is 54.6 Å². The predicted molar refractivity (Wildman–Crippen MR) is 150 cm³/mol. The number of amides is 1. The van der Waals surface area contributed by atoms with Crippen LogP contribution in [0.3, 0.4) is 0 Å². The normalized spacial score (nSPS) is 41.8. The fraction of sp³-hybridized carbons (Fsp3) is 0.559. The largest absolute Gasteiger partial charge is 0.458 e. The minimum absolute atomic E-state index is 0.0182. The van der Waals surface area contributed by atoms with Gasteiger partial charge in [-0.25, -0.2) is 4.79 Å². The molecule has 0 radical (unpaired) electrons. The van der Waals surface area contributed by atoms with Gasteiger partial charge in [0.1, 0.15) is 11.9 Å². The summed E-state index contributed by atoms with van der Waals surface area (Å²) in [6.07, 6.45) is 6.92. The second kappa shape index (κ2) is 9.01. The van der Waals surface area contributed by atoms with Gasteiger partial charge in [-0.15, -0.1) is 0 Å². The number of nitrogens with one attached hydrogen (secondary N) is 1. The molecule has 210 valence electrons. The van der Waals surface area contributed by atoms with Crippen LogP contribution in [-0.4, -0.2) is 28.9 Å². The molecular formula is C34H39NO5. The van der Waals surface area contributed by atoms with E-state index in [2.05, 4.69) is 19.2 Å². The quantitative estimate of drug-likeness (QED) is 0.473. The first-order valence-corrected chi connectivity index (χ1v) is 15.1. The smallest absolute Gasteiger partial charge is 0.338 e. The van der Waals surface area contributed by atoms with Crippen molar-refractivity contribution in [1.82, 2.24) is 0 Å². The Kier molecular flexibility index (Phi) is 5.84. The molecule has 2 N–H and O–H groups in total. The molecule has 40 heavy (non-hydrogen) atoms. The van der Waals surface area contributed by atoms with Crippen molar-refractivity contribution >= 4 is 23.3 Å². The first-order valence-electron chi connectivity index (χ1n) is 15.1. The van der Waals surface area contributed by atoms with Crippen molar-refractivity contribution in [3.05, 3.63) is 65.7 Å². The Balaban J connectivity index is 1.15. The highest BCUT2D eigenvalue weighted by atomic mass is 16.5. The minimum atomic E-state index is -1.82. The maximum Gasteiger partial charge on any atom is 0.338 e. The molecule has 2 aromatic rings. The number of rotatable bonds is 3. The molecule has 0 aromatic heterocycles. The lowest BCUT2D eigenvalue weighted by atomic mass is 9.43. The molecule has 4 saturated carbocycles. The monoisotopic (exact) mass is 541 g/mol. The number of Topliss-reactive ketones (excluding diaryl/α,β-unsaturated/α-hetero) is 1. The maximum atomic E-state index is 13.6. The number of benzene rings is 2. The van der Waals surface area contributed by atoms with Gasteiger partial charge in [0.05, 0.1) is 11.5 Å². The topological polar surface area (TPSA) is 92.7 Å². The zero-order valence-corrected chi connectivity index (χ0v) is 23.4. The van der Waals surface area contributed by atoms with E-state index in [1.54, 1.807) is 12.1 Å². The molecule has 6 heteroatoms. The molecule has 1 amide bonds. The third-order valence-electron chi connectivity index (χ3n) is 12.2. The zero-order chi connectivity index (χ0) is 27.9. The van der Waals surface area contributed by atoms with Gasteiger partial charge in [0.25, 0.3) is 5.91 Å². The first-order chi connectivity index (χ1) is 19.2. The van der Waals surface area contributed by atoms with E-state index in [4.69, 9.17) is 4.74 Å². The van der Waals surface area contributed by atoms with Gasteiger partial charge in [-0.05, 0) is 92.2 Å². The highest BCUT2D eigenvalue weighted by Crippen LogP contribution is 2.67. The third kappa shape index (κ3) is 3.54. The molecule has 5 aliphatic rings. The highest BCUT2D eigenvalue weighted by molar-refractivity contribution is 6.08. The number of hydrogen-bond acceptors (Lipinski definition) is 5. The zero-order valence-electron chi connectivity index (χ0n) is 23.4. The van der Waals surface area contributed by atoms with Crippen molar-refractivity contribution in [3.8, 4) is 0 Å². The van der Waals surface area contributed by atoms with E-state index in [0.717, 1.165) is 38.5 Å². The number of carbonyl (C=O) groups excluding carboxylic acids is 3. The summed E-state index contributed by atoms with van der Waals surface area (Å²) in [5.41, 5.74) is -0.266. The number of anilines is 1. The molecule has 4 fully saturated rings. The van der Waals surface area contributed by atoms with Gasteiger partial charge >= 0.3 is 5.97 Å². The van der Waals surface area contributed by atoms with Crippen molar-refractivity contribution in [2.24, 2.45) is 40.4 Å². The maximum absolute atomic E-state index is 13.6. The fourth-order valence-corrected chi connectivity index (χ4v) is 10.0. The summed E-state index contributed by atoms with van der Waals surface area (Å²) >= 11 is 0. The molecule has 2 aromatic carbocycles. The Morgan fingerprint density at radius 3 is 2.42 bits per heavy atom. The molecule has 0 saturated heterocycles. The summed E-state index contributed by atoms with van der Waals surface area (Å²) in [5, 5.41) is 14.8. The lowest BCUT2D eigenvalue weighted by molar-refractivity contribution is -0.172. The fourth-order valence-electron chi connectivity index (χ4n) is 10.0. The van der Waals surface area contributed by atoms with E-state index in [1.165, 1.54) is 0 Å². The molecule has 0 bridgehead atoms. The van der Waals surface area contributed by atoms with Gasteiger partial charge in [0, 0.05) is 23.1 Å². The van der Waals surface area contributed by atoms with Gasteiger partial charge < -0.3 is 15.2 Å². The average Bonchev–Trinajstić information content (AvgIpc) is 3.42. The summed E-state index contributed by atoms with van der Waals surface area (Å²) in [4.78, 5) is 39.8. The van der Waals surface area contributed by atoms with E-state index < -0.39 is 17.4 Å². The predicted octanol–water partition coefficient (Wildman–Crippen LogP) is 5.89. The summed E-state index contributed by atoms with van der Waals surface area (Å²) in [6, 6.07) is 16.5. The molecule has 1 heterocycles. The molecule has 9 atom stereocenters. The van der Waals surface area contributed by atoms with Crippen LogP contribution in [0.4, 0.5) is 5.69 Å². The summed E-state index contributed by atoms with van der Waals surface area (Å²) in [6.45, 7) is 4.66. The van der Waals surface area contributed by atoms with Crippen molar-refractivity contribution in [2.75, 3.05) is 5.32 Å². The number of hydrogen-bond donors (Lipinski definition) is 2. The molecule has 7 rings (SSSR count). The van der Waals surface area contributed by atoms with Crippen LogP contribution in [0.2, 0.25) is 0 Å². The second-order valence-corrected chi connectivity index (χ2v) is 13.7. The Labute approximate surface area is 235 Å². The first kappa shape index (κ1) is 25.9. The standard InChI is InChI=1S/C34H39NO5/c1-32-17-16-24-22(23(32)14-15-29(32)40-30(37)20-8-4-3-5-9-20)13-12-21-18-28(36)26(19-33(21,24)2)34(39)25-10-6-7-11-27(25)35-31(34)38/h3-11,21-24,26,29,39H,12-19H2,1-2H3,(H,35,38)/t21-,22-,23-,24-,26-,29+,32-,33-,34+/m0/s1. The van der Waals surface area contributed by atoms with E-state index >= 15 is 0 Å². The summed E-state index contributed by atoms with van der Waals surface area (Å²) in [5.74, 6) is 0.224. The molecule has 0 spiro atoms. The molecule has 4 aliphatic carbocycles. The number of fused-ring (bicyclic) bond motifs is 6. The van der Waals surface area contributed by atoms with Crippen LogP contribution in [0.1, 0.15) is 81.1 Å². The SMILES string of the molecule is C[C@]12C[C@H]([C@@]3(O)C(=O)Nc4ccccc43)C(=O)C[C@@H]1CC[C@@H]1[C@@H]2CC[C@]2(C)[C@H](OC(=O)c3ccccc3)CC[C@@H]12. The van der Waals surface area contributed by atoms with E-state index in [-0.39, 0.29) is 34.6 Å². The van der Waals surface area contributed by atoms with Crippen LogP contribution >= 0.6 is 0 Å². The van der Waals surface area contributed by atoms with Crippen molar-refractivity contribution in [3.63, 3.8) is 0 Å². The second-order valence-electron chi connectivity index (χ2n) is 13.7. The highest BCUT2D eigenvalue weighted by Gasteiger charge is 2.65. The van der Waals surface area contributed by atoms with Crippen molar-refractivity contribution in [1.29, 1.82) is 0 Å². The van der Waals surface area contributed by atoms with Crippen LogP contribution < -0.4 is 5.32 Å². The lowest BCUT2D eigenvalue weighted by Gasteiger charge is -2.61. The average molecular weight is 542 g/mol. The van der Waals surface area contributed by atoms with Gasteiger partial charge in [-0.3, -0.25) is 9.59 Å². The Morgan fingerprint density at radius 2 is 1.62 bits per heavy atom. The van der Waals surface area contributed by atoms with E-state index in [9.17, 15) is 19.5 Å². The van der Waals surface area contributed by atoms with Crippen molar-refractivity contribution < 1.29 is 24.2 Å². The van der Waals surface area contributed by atoms with Gasteiger partial charge in [0.15, 0.2) is 5.60 Å². The molecular weight excluding hydrogens is 502 g/mol. The lowest BCUT2D eigenvalue weighted by Crippen LogP contribution is -2.58. The van der Waals surface area contributed by atoms with Crippen LogP contribution in [0, 0.1) is 40.4 Å². The Bertz CT molecular complexity index is 1370. The molecule has 6 nitrogen and oxygen atoms in total. The van der Waals surface area contributed by atoms with Crippen LogP contribution in [0.25, 0.3) is 0 Å². The molecule has 1 aliphatic heterocycles. The Hall–Kier alpha value is -2.99.